The van der Waals surface area contributed by atoms with Crippen molar-refractivity contribution in [2.24, 2.45) is 0 Å². The zero-order valence-electron chi connectivity index (χ0n) is 39.3. The Bertz CT molecular complexity index is 958. The van der Waals surface area contributed by atoms with E-state index in [1.54, 1.807) is 6.08 Å². The number of phosphoric acid groups is 1. The zero-order valence-corrected chi connectivity index (χ0v) is 40.2. The molecule has 3 atom stereocenters. The second kappa shape index (κ2) is 41.6. The lowest BCUT2D eigenvalue weighted by Gasteiger charge is -2.29. The van der Waals surface area contributed by atoms with Crippen molar-refractivity contribution in [3.63, 3.8) is 0 Å². The molecule has 0 saturated carbocycles. The molecule has 0 bridgehead atoms. The third-order valence-corrected chi connectivity index (χ3v) is 12.5. The summed E-state index contributed by atoms with van der Waals surface area (Å²) in [6.45, 7) is 4.67. The second-order valence-corrected chi connectivity index (χ2v) is 19.9. The molecule has 0 spiro atoms. The van der Waals surface area contributed by atoms with Gasteiger partial charge in [0.2, 0.25) is 5.91 Å². The predicted octanol–water partition coefficient (Wildman–Crippen LogP) is 13.7. The van der Waals surface area contributed by atoms with Gasteiger partial charge < -0.3 is 28.8 Å². The number of aliphatic hydroxyl groups is 1. The highest BCUT2D eigenvalue weighted by Gasteiger charge is 2.23. The number of carbonyl (C=O) groups excluding carboxylic acids is 1. The van der Waals surface area contributed by atoms with Gasteiger partial charge in [-0.2, -0.15) is 0 Å². The van der Waals surface area contributed by atoms with Crippen molar-refractivity contribution in [1.82, 2.24) is 5.32 Å². The number of quaternary nitrogens is 1. The standard InChI is InChI=1S/C49H99N2O6P/c1-6-8-10-12-14-16-18-20-21-22-23-24-25-26-27-28-29-31-33-35-37-39-41-43-49(53)50-47(46-57-58(54,55)56-45-44-51(3,4)5)48(52)42-40-38-36-34-32-30-19-17-15-13-11-9-7-2/h40,42,47-48,52H,6-39,41,43-46H2,1-5H3,(H-,50,53,54,55)/b42-40+/t47-,48+/m0/s1. The van der Waals surface area contributed by atoms with Crippen LogP contribution in [0.3, 0.4) is 0 Å². The number of hydrogen-bond acceptors (Lipinski definition) is 6. The molecular weight excluding hydrogens is 744 g/mol. The normalized spacial score (nSPS) is 14.3. The van der Waals surface area contributed by atoms with Crippen LogP contribution in [0.5, 0.6) is 0 Å². The van der Waals surface area contributed by atoms with E-state index < -0.39 is 20.0 Å². The minimum Gasteiger partial charge on any atom is -0.756 e. The molecule has 0 aliphatic carbocycles. The summed E-state index contributed by atoms with van der Waals surface area (Å²) in [5.74, 6) is -0.193. The molecule has 0 aromatic rings. The SMILES string of the molecule is CCCCCCCCCCCCC/C=C/[C@@H](O)[C@H](COP(=O)([O-])OCC[N+](C)(C)C)NC(=O)CCCCCCCCCCCCCCCCCCCCCCCCC. The Morgan fingerprint density at radius 1 is 0.586 bits per heavy atom. The third-order valence-electron chi connectivity index (χ3n) is 11.5. The van der Waals surface area contributed by atoms with Crippen LogP contribution in [0.2, 0.25) is 0 Å². The van der Waals surface area contributed by atoms with Crippen LogP contribution >= 0.6 is 7.82 Å². The molecule has 346 valence electrons. The monoisotopic (exact) mass is 843 g/mol. The van der Waals surface area contributed by atoms with E-state index >= 15 is 0 Å². The summed E-state index contributed by atoms with van der Waals surface area (Å²) in [7, 11) is 1.27. The molecule has 0 fully saturated rings. The molecule has 58 heavy (non-hydrogen) atoms. The minimum absolute atomic E-state index is 0.00224. The maximum atomic E-state index is 12.9. The van der Waals surface area contributed by atoms with Crippen molar-refractivity contribution < 1.29 is 32.9 Å². The summed E-state index contributed by atoms with van der Waals surface area (Å²) in [5, 5.41) is 13.8. The van der Waals surface area contributed by atoms with Gasteiger partial charge in [-0.1, -0.05) is 231 Å². The van der Waals surface area contributed by atoms with Crippen molar-refractivity contribution in [3.8, 4) is 0 Å². The number of unbranched alkanes of at least 4 members (excludes halogenated alkanes) is 33. The lowest BCUT2D eigenvalue weighted by molar-refractivity contribution is -0.870. The molecule has 0 rings (SSSR count). The summed E-state index contributed by atoms with van der Waals surface area (Å²) >= 11 is 0. The Balaban J connectivity index is 4.20. The summed E-state index contributed by atoms with van der Waals surface area (Å²) in [6.07, 6.45) is 48.4. The Labute approximate surface area is 361 Å². The number of aliphatic hydroxyl groups excluding tert-OH is 1. The van der Waals surface area contributed by atoms with Crippen LogP contribution in [0, 0.1) is 0 Å². The molecule has 0 aromatic carbocycles. The average molecular weight is 843 g/mol. The Morgan fingerprint density at radius 3 is 1.29 bits per heavy atom. The Kier molecular flexibility index (Phi) is 41.0. The first-order valence-corrected chi connectivity index (χ1v) is 26.5. The third kappa shape index (κ3) is 43.3. The van der Waals surface area contributed by atoms with E-state index in [9.17, 15) is 19.4 Å². The average Bonchev–Trinajstić information content (AvgIpc) is 3.17. The number of phosphoric ester groups is 1. The molecule has 0 aliphatic rings. The molecular formula is C49H99N2O6P. The maximum absolute atomic E-state index is 12.9. The highest BCUT2D eigenvalue weighted by molar-refractivity contribution is 7.45. The van der Waals surface area contributed by atoms with Gasteiger partial charge in [0.25, 0.3) is 7.82 Å². The van der Waals surface area contributed by atoms with E-state index in [2.05, 4.69) is 19.2 Å². The van der Waals surface area contributed by atoms with Gasteiger partial charge in [-0.15, -0.1) is 0 Å². The van der Waals surface area contributed by atoms with Crippen LogP contribution in [0.15, 0.2) is 12.2 Å². The maximum Gasteiger partial charge on any atom is 0.268 e. The smallest absolute Gasteiger partial charge is 0.268 e. The summed E-state index contributed by atoms with van der Waals surface area (Å²) < 4.78 is 23.2. The lowest BCUT2D eigenvalue weighted by atomic mass is 10.0. The lowest BCUT2D eigenvalue weighted by Crippen LogP contribution is -2.45. The van der Waals surface area contributed by atoms with Gasteiger partial charge in [0, 0.05) is 6.42 Å². The molecule has 8 nitrogen and oxygen atoms in total. The van der Waals surface area contributed by atoms with Gasteiger partial charge in [0.1, 0.15) is 13.2 Å². The van der Waals surface area contributed by atoms with Crippen molar-refractivity contribution in [3.05, 3.63) is 12.2 Å². The van der Waals surface area contributed by atoms with Crippen molar-refractivity contribution in [1.29, 1.82) is 0 Å². The molecule has 0 radical (unpaired) electrons. The van der Waals surface area contributed by atoms with Crippen LogP contribution in [0.1, 0.15) is 245 Å². The number of likely N-dealkylation sites (N-methyl/N-ethyl adjacent to an activating group) is 1. The second-order valence-electron chi connectivity index (χ2n) is 18.5. The zero-order chi connectivity index (χ0) is 42.8. The van der Waals surface area contributed by atoms with E-state index in [0.717, 1.165) is 38.5 Å². The molecule has 0 aromatic heterocycles. The van der Waals surface area contributed by atoms with Crippen LogP contribution in [0.4, 0.5) is 0 Å². The molecule has 0 aliphatic heterocycles. The fraction of sp³-hybridized carbons (Fsp3) is 0.939. The first-order valence-electron chi connectivity index (χ1n) is 25.1. The fourth-order valence-electron chi connectivity index (χ4n) is 7.51. The first kappa shape index (κ1) is 57.2. The van der Waals surface area contributed by atoms with E-state index in [1.165, 1.54) is 186 Å². The fourth-order valence-corrected chi connectivity index (χ4v) is 8.23. The predicted molar refractivity (Wildman–Crippen MR) is 247 cm³/mol. The van der Waals surface area contributed by atoms with E-state index in [4.69, 9.17) is 9.05 Å². The molecule has 0 saturated heterocycles. The van der Waals surface area contributed by atoms with Crippen molar-refractivity contribution >= 4 is 13.7 Å². The van der Waals surface area contributed by atoms with Gasteiger partial charge in [0.05, 0.1) is 39.9 Å². The number of carbonyl (C=O) groups is 1. The minimum atomic E-state index is -4.58. The van der Waals surface area contributed by atoms with Crippen LogP contribution in [-0.4, -0.2) is 68.5 Å². The van der Waals surface area contributed by atoms with Gasteiger partial charge in [0.15, 0.2) is 0 Å². The highest BCUT2D eigenvalue weighted by Crippen LogP contribution is 2.38. The van der Waals surface area contributed by atoms with E-state index in [-0.39, 0.29) is 19.1 Å². The first-order chi connectivity index (χ1) is 28.0. The number of nitrogens with one attached hydrogen (secondary N) is 1. The summed E-state index contributed by atoms with van der Waals surface area (Å²) in [5.41, 5.74) is 0. The number of rotatable bonds is 46. The molecule has 2 N–H and O–H groups in total. The molecule has 1 amide bonds. The molecule has 9 heteroatoms. The van der Waals surface area contributed by atoms with Gasteiger partial charge in [-0.05, 0) is 19.3 Å². The van der Waals surface area contributed by atoms with Crippen LogP contribution in [-0.2, 0) is 18.4 Å². The quantitative estimate of drug-likeness (QED) is 0.0273. The van der Waals surface area contributed by atoms with Gasteiger partial charge >= 0.3 is 0 Å². The van der Waals surface area contributed by atoms with E-state index in [1.807, 2.05) is 27.2 Å². The molecule has 1 unspecified atom stereocenters. The number of nitrogens with zero attached hydrogens (tertiary/aromatic N) is 1. The summed E-state index contributed by atoms with van der Waals surface area (Å²) in [4.78, 5) is 25.4. The largest absolute Gasteiger partial charge is 0.756 e. The van der Waals surface area contributed by atoms with Crippen LogP contribution in [0.25, 0.3) is 0 Å². The Hall–Kier alpha value is -0.760. The molecule has 0 heterocycles. The van der Waals surface area contributed by atoms with E-state index in [0.29, 0.717) is 17.4 Å². The Morgan fingerprint density at radius 2 is 0.931 bits per heavy atom. The highest BCUT2D eigenvalue weighted by atomic mass is 31.2. The van der Waals surface area contributed by atoms with Crippen molar-refractivity contribution in [2.75, 3.05) is 40.9 Å². The number of allylic oxidation sites excluding steroid dienone is 1. The van der Waals surface area contributed by atoms with Crippen molar-refractivity contribution in [2.45, 2.75) is 257 Å². The van der Waals surface area contributed by atoms with Crippen LogP contribution < -0.4 is 10.2 Å². The topological polar surface area (TPSA) is 108 Å². The van der Waals surface area contributed by atoms with Gasteiger partial charge in [-0.3, -0.25) is 9.36 Å². The van der Waals surface area contributed by atoms with Gasteiger partial charge in [-0.25, -0.2) is 0 Å². The number of amides is 1. The number of hydrogen-bond donors (Lipinski definition) is 2. The summed E-state index contributed by atoms with van der Waals surface area (Å²) in [6, 6.07) is -0.880.